The van der Waals surface area contributed by atoms with E-state index in [1.807, 2.05) is 5.38 Å². The summed E-state index contributed by atoms with van der Waals surface area (Å²) in [4.78, 5) is 15.9. The highest BCUT2D eigenvalue weighted by molar-refractivity contribution is 7.13. The first kappa shape index (κ1) is 12.6. The van der Waals surface area contributed by atoms with Crippen molar-refractivity contribution in [3.05, 3.63) is 28.5 Å². The first-order valence-corrected chi connectivity index (χ1v) is 6.59. The Bertz CT molecular complexity index is 533. The summed E-state index contributed by atoms with van der Waals surface area (Å²) in [5.41, 5.74) is 7.65. The fraction of sp³-hybridized carbons (Fsp3) is 0.364. The zero-order valence-electron chi connectivity index (χ0n) is 10.1. The highest BCUT2D eigenvalue weighted by Crippen LogP contribution is 2.10. The minimum atomic E-state index is -0.208. The first-order chi connectivity index (χ1) is 8.69. The average Bonchev–Trinajstić information content (AvgIpc) is 2.96. The van der Waals surface area contributed by atoms with Gasteiger partial charge in [-0.3, -0.25) is 9.89 Å². The second kappa shape index (κ2) is 5.63. The summed E-state index contributed by atoms with van der Waals surface area (Å²) in [6.07, 6.45) is 1.91. The minimum absolute atomic E-state index is 0.208. The second-order valence-electron chi connectivity index (χ2n) is 3.89. The summed E-state index contributed by atoms with van der Waals surface area (Å²) >= 11 is 1.36. The lowest BCUT2D eigenvalue weighted by Crippen LogP contribution is -2.23. The quantitative estimate of drug-likeness (QED) is 0.759. The van der Waals surface area contributed by atoms with Gasteiger partial charge >= 0.3 is 0 Å². The molecule has 0 aliphatic rings. The van der Waals surface area contributed by atoms with Crippen LogP contribution in [-0.2, 0) is 13.0 Å². The SMILES string of the molecule is CCCc1cc(C(=O)NCc2csc(N)n2)n[nH]1. The zero-order chi connectivity index (χ0) is 13.0. The van der Waals surface area contributed by atoms with Crippen molar-refractivity contribution in [1.29, 1.82) is 0 Å². The van der Waals surface area contributed by atoms with Crippen molar-refractivity contribution >= 4 is 22.4 Å². The van der Waals surface area contributed by atoms with Crippen LogP contribution in [-0.4, -0.2) is 21.1 Å². The van der Waals surface area contributed by atoms with Gasteiger partial charge < -0.3 is 11.1 Å². The molecule has 7 heteroatoms. The second-order valence-corrected chi connectivity index (χ2v) is 4.78. The van der Waals surface area contributed by atoms with Gasteiger partial charge in [-0.05, 0) is 12.5 Å². The maximum Gasteiger partial charge on any atom is 0.272 e. The predicted molar refractivity (Wildman–Crippen MR) is 70.3 cm³/mol. The van der Waals surface area contributed by atoms with Gasteiger partial charge in [-0.25, -0.2) is 4.98 Å². The van der Waals surface area contributed by atoms with E-state index in [-0.39, 0.29) is 5.91 Å². The van der Waals surface area contributed by atoms with Crippen molar-refractivity contribution in [2.24, 2.45) is 0 Å². The number of amides is 1. The van der Waals surface area contributed by atoms with Crippen molar-refractivity contribution in [3.63, 3.8) is 0 Å². The molecule has 0 unspecified atom stereocenters. The van der Waals surface area contributed by atoms with Crippen LogP contribution in [0.3, 0.4) is 0 Å². The molecule has 0 aromatic carbocycles. The summed E-state index contributed by atoms with van der Waals surface area (Å²) < 4.78 is 0. The molecule has 0 spiro atoms. The van der Waals surface area contributed by atoms with Crippen LogP contribution in [0.5, 0.6) is 0 Å². The summed E-state index contributed by atoms with van der Waals surface area (Å²) in [7, 11) is 0. The van der Waals surface area contributed by atoms with Gasteiger partial charge in [0.25, 0.3) is 5.91 Å². The molecule has 2 aromatic heterocycles. The van der Waals surface area contributed by atoms with Crippen LogP contribution in [0, 0.1) is 0 Å². The summed E-state index contributed by atoms with van der Waals surface area (Å²) in [6.45, 7) is 2.44. The normalized spacial score (nSPS) is 10.5. The smallest absolute Gasteiger partial charge is 0.272 e. The lowest BCUT2D eigenvalue weighted by atomic mass is 10.2. The maximum absolute atomic E-state index is 11.8. The molecule has 2 aromatic rings. The Morgan fingerprint density at radius 1 is 1.61 bits per heavy atom. The van der Waals surface area contributed by atoms with Gasteiger partial charge in [-0.15, -0.1) is 11.3 Å². The van der Waals surface area contributed by atoms with Gasteiger partial charge in [0.2, 0.25) is 0 Å². The number of nitrogens with zero attached hydrogens (tertiary/aromatic N) is 2. The summed E-state index contributed by atoms with van der Waals surface area (Å²) in [5, 5.41) is 11.9. The van der Waals surface area contributed by atoms with E-state index in [9.17, 15) is 4.79 Å². The topological polar surface area (TPSA) is 96.7 Å². The maximum atomic E-state index is 11.8. The highest BCUT2D eigenvalue weighted by atomic mass is 32.1. The number of rotatable bonds is 5. The molecule has 18 heavy (non-hydrogen) atoms. The molecule has 96 valence electrons. The minimum Gasteiger partial charge on any atom is -0.375 e. The lowest BCUT2D eigenvalue weighted by Gasteiger charge is -1.99. The van der Waals surface area contributed by atoms with Crippen molar-refractivity contribution in [2.75, 3.05) is 5.73 Å². The molecular weight excluding hydrogens is 250 g/mol. The third kappa shape index (κ3) is 3.07. The predicted octanol–water partition coefficient (Wildman–Crippen LogP) is 1.33. The Balaban J connectivity index is 1.90. The number of hydrogen-bond acceptors (Lipinski definition) is 5. The van der Waals surface area contributed by atoms with Gasteiger partial charge in [0.1, 0.15) is 5.69 Å². The Morgan fingerprint density at radius 3 is 3.11 bits per heavy atom. The Kier molecular flexibility index (Phi) is 3.93. The molecule has 1 amide bonds. The molecule has 0 atom stereocenters. The van der Waals surface area contributed by atoms with Crippen molar-refractivity contribution < 1.29 is 4.79 Å². The van der Waals surface area contributed by atoms with E-state index in [1.165, 1.54) is 11.3 Å². The van der Waals surface area contributed by atoms with Crippen LogP contribution in [0.4, 0.5) is 5.13 Å². The largest absolute Gasteiger partial charge is 0.375 e. The molecule has 0 saturated heterocycles. The number of nitrogen functional groups attached to an aromatic ring is 1. The van der Waals surface area contributed by atoms with Gasteiger partial charge in [-0.1, -0.05) is 13.3 Å². The van der Waals surface area contributed by atoms with Crippen molar-refractivity contribution in [1.82, 2.24) is 20.5 Å². The fourth-order valence-electron chi connectivity index (χ4n) is 1.54. The van der Waals surface area contributed by atoms with Crippen molar-refractivity contribution in [3.8, 4) is 0 Å². The Hall–Kier alpha value is -1.89. The monoisotopic (exact) mass is 265 g/mol. The molecule has 2 heterocycles. The molecule has 0 saturated carbocycles. The number of aryl methyl sites for hydroxylation is 1. The van der Waals surface area contributed by atoms with E-state index in [0.29, 0.717) is 17.4 Å². The molecule has 0 bridgehead atoms. The molecule has 0 aliphatic heterocycles. The van der Waals surface area contributed by atoms with Crippen LogP contribution in [0.2, 0.25) is 0 Å². The van der Waals surface area contributed by atoms with E-state index in [1.54, 1.807) is 6.07 Å². The summed E-state index contributed by atoms with van der Waals surface area (Å²) in [5.74, 6) is -0.208. The van der Waals surface area contributed by atoms with E-state index in [0.717, 1.165) is 24.2 Å². The van der Waals surface area contributed by atoms with Crippen LogP contribution in [0.25, 0.3) is 0 Å². The standard InChI is InChI=1S/C11H15N5OS/c1-2-3-7-4-9(16-15-7)10(17)13-5-8-6-18-11(12)14-8/h4,6H,2-3,5H2,1H3,(H2,12,14)(H,13,17)(H,15,16). The van der Waals surface area contributed by atoms with E-state index in [4.69, 9.17) is 5.73 Å². The van der Waals surface area contributed by atoms with E-state index < -0.39 is 0 Å². The fourth-order valence-corrected chi connectivity index (χ4v) is 2.10. The van der Waals surface area contributed by atoms with Gasteiger partial charge in [0.15, 0.2) is 5.13 Å². The average molecular weight is 265 g/mol. The van der Waals surface area contributed by atoms with Gasteiger partial charge in [-0.2, -0.15) is 5.10 Å². The molecule has 2 rings (SSSR count). The molecule has 0 fully saturated rings. The van der Waals surface area contributed by atoms with Gasteiger partial charge in [0, 0.05) is 11.1 Å². The molecule has 6 nitrogen and oxygen atoms in total. The number of nitrogens with two attached hydrogens (primary N) is 1. The number of nitrogens with one attached hydrogen (secondary N) is 2. The third-order valence-corrected chi connectivity index (χ3v) is 3.11. The highest BCUT2D eigenvalue weighted by Gasteiger charge is 2.10. The van der Waals surface area contributed by atoms with Gasteiger partial charge in [0.05, 0.1) is 12.2 Å². The van der Waals surface area contributed by atoms with Crippen LogP contribution in [0.1, 0.15) is 35.2 Å². The molecular formula is C11H15N5OS. The van der Waals surface area contributed by atoms with Crippen LogP contribution < -0.4 is 11.1 Å². The van der Waals surface area contributed by atoms with Crippen molar-refractivity contribution in [2.45, 2.75) is 26.3 Å². The number of H-pyrrole nitrogens is 1. The Labute approximate surface area is 109 Å². The Morgan fingerprint density at radius 2 is 2.44 bits per heavy atom. The number of aromatic nitrogens is 3. The van der Waals surface area contributed by atoms with E-state index >= 15 is 0 Å². The number of carbonyl (C=O) groups is 1. The molecule has 4 N–H and O–H groups in total. The van der Waals surface area contributed by atoms with Crippen LogP contribution in [0.15, 0.2) is 11.4 Å². The summed E-state index contributed by atoms with van der Waals surface area (Å²) in [6, 6.07) is 1.77. The number of anilines is 1. The number of carbonyl (C=O) groups excluding carboxylic acids is 1. The first-order valence-electron chi connectivity index (χ1n) is 5.71. The number of aromatic amines is 1. The zero-order valence-corrected chi connectivity index (χ0v) is 10.9. The third-order valence-electron chi connectivity index (χ3n) is 2.38. The molecule has 0 radical (unpaired) electrons. The van der Waals surface area contributed by atoms with E-state index in [2.05, 4.69) is 27.4 Å². The lowest BCUT2D eigenvalue weighted by molar-refractivity contribution is 0.0945. The molecule has 0 aliphatic carbocycles. The number of thiazole rings is 1. The van der Waals surface area contributed by atoms with Crippen LogP contribution >= 0.6 is 11.3 Å². The number of hydrogen-bond donors (Lipinski definition) is 3.